The number of hydrogen-bond acceptors (Lipinski definition) is 5. The topological polar surface area (TPSA) is 80.5 Å². The summed E-state index contributed by atoms with van der Waals surface area (Å²) >= 11 is 0. The highest BCUT2D eigenvalue weighted by Crippen LogP contribution is 2.21. The van der Waals surface area contributed by atoms with Gasteiger partial charge in [0.1, 0.15) is 0 Å². The molecule has 0 saturated carbocycles. The fourth-order valence-corrected chi connectivity index (χ4v) is 2.87. The molecule has 1 aromatic carbocycles. The highest BCUT2D eigenvalue weighted by Gasteiger charge is 2.26. The zero-order valence-corrected chi connectivity index (χ0v) is 12.9. The molecule has 7 heteroatoms. The number of rotatable bonds is 6. The predicted octanol–water partition coefficient (Wildman–Crippen LogP) is 1.85. The highest BCUT2D eigenvalue weighted by atomic mass is 32.2. The summed E-state index contributed by atoms with van der Waals surface area (Å²) in [5.41, 5.74) is 0.631. The summed E-state index contributed by atoms with van der Waals surface area (Å²) in [6.45, 7) is 3.79. The second kappa shape index (κ2) is 6.32. The molecule has 0 radical (unpaired) electrons. The number of benzene rings is 1. The average molecular weight is 300 g/mol. The summed E-state index contributed by atoms with van der Waals surface area (Å²) < 4.78 is 23.1. The van der Waals surface area contributed by atoms with Crippen LogP contribution in [0.25, 0.3) is 0 Å². The molecule has 20 heavy (non-hydrogen) atoms. The van der Waals surface area contributed by atoms with Crippen molar-refractivity contribution in [3.63, 3.8) is 0 Å². The number of nitro benzene ring substituents is 1. The number of nitrogens with zero attached hydrogens (tertiary/aromatic N) is 2. The summed E-state index contributed by atoms with van der Waals surface area (Å²) in [4.78, 5) is 12.3. The lowest BCUT2D eigenvalue weighted by molar-refractivity contribution is -0.385. The van der Waals surface area contributed by atoms with Crippen LogP contribution < -0.4 is 0 Å². The lowest BCUT2D eigenvalue weighted by Gasteiger charge is -2.28. The Kier molecular flexibility index (Phi) is 5.24. The van der Waals surface area contributed by atoms with Crippen molar-refractivity contribution in [1.29, 1.82) is 0 Å². The predicted molar refractivity (Wildman–Crippen MR) is 78.3 cm³/mol. The Hall–Kier alpha value is -1.47. The van der Waals surface area contributed by atoms with Crippen LogP contribution in [0.3, 0.4) is 0 Å². The van der Waals surface area contributed by atoms with E-state index in [1.54, 1.807) is 39.1 Å². The highest BCUT2D eigenvalue weighted by molar-refractivity contribution is 7.91. The Morgan fingerprint density at radius 1 is 1.30 bits per heavy atom. The van der Waals surface area contributed by atoms with Crippen molar-refractivity contribution in [1.82, 2.24) is 4.90 Å². The van der Waals surface area contributed by atoms with E-state index in [1.807, 2.05) is 4.90 Å². The zero-order valence-electron chi connectivity index (χ0n) is 12.1. The Bertz CT molecular complexity index is 586. The van der Waals surface area contributed by atoms with E-state index in [-0.39, 0.29) is 11.7 Å². The van der Waals surface area contributed by atoms with Gasteiger partial charge in [-0.3, -0.25) is 15.0 Å². The van der Waals surface area contributed by atoms with Gasteiger partial charge in [0.2, 0.25) is 0 Å². The van der Waals surface area contributed by atoms with Gasteiger partial charge in [-0.2, -0.15) is 0 Å². The molecule has 6 nitrogen and oxygen atoms in total. The van der Waals surface area contributed by atoms with Crippen LogP contribution in [0.5, 0.6) is 0 Å². The molecule has 0 aliphatic heterocycles. The van der Waals surface area contributed by atoms with E-state index in [1.165, 1.54) is 12.3 Å². The van der Waals surface area contributed by atoms with Crippen molar-refractivity contribution >= 4 is 15.5 Å². The molecule has 0 heterocycles. The van der Waals surface area contributed by atoms with E-state index in [4.69, 9.17) is 0 Å². The van der Waals surface area contributed by atoms with Gasteiger partial charge in [-0.15, -0.1) is 0 Å². The molecule has 0 unspecified atom stereocenters. The molecule has 0 bridgehead atoms. The molecule has 112 valence electrons. The van der Waals surface area contributed by atoms with Crippen molar-refractivity contribution in [2.45, 2.75) is 31.7 Å². The third-order valence-corrected chi connectivity index (χ3v) is 5.40. The first-order valence-corrected chi connectivity index (χ1v) is 8.21. The summed E-state index contributed by atoms with van der Waals surface area (Å²) in [7, 11) is -1.37. The largest absolute Gasteiger partial charge is 0.298 e. The van der Waals surface area contributed by atoms with Crippen LogP contribution >= 0.6 is 0 Å². The maximum absolute atomic E-state index is 11.6. The summed E-state index contributed by atoms with van der Waals surface area (Å²) in [6, 6.07) is 6.26. The number of hydrogen-bond donors (Lipinski definition) is 0. The molecule has 0 amide bonds. The minimum absolute atomic E-state index is 0.0542. The van der Waals surface area contributed by atoms with E-state index in [0.29, 0.717) is 12.1 Å². The van der Waals surface area contributed by atoms with Crippen molar-refractivity contribution in [3.8, 4) is 0 Å². The van der Waals surface area contributed by atoms with Crippen LogP contribution in [0.1, 0.15) is 19.4 Å². The maximum Gasteiger partial charge on any atom is 0.273 e. The van der Waals surface area contributed by atoms with Gasteiger partial charge < -0.3 is 0 Å². The van der Waals surface area contributed by atoms with E-state index in [0.717, 1.165) is 0 Å². The van der Waals surface area contributed by atoms with E-state index in [9.17, 15) is 18.5 Å². The van der Waals surface area contributed by atoms with Gasteiger partial charge in [0.15, 0.2) is 9.84 Å². The van der Waals surface area contributed by atoms with Gasteiger partial charge in [0.05, 0.1) is 10.2 Å². The zero-order chi connectivity index (χ0) is 15.5. The summed E-state index contributed by atoms with van der Waals surface area (Å²) in [6.07, 6.45) is 1.20. The molecule has 1 rings (SSSR count). The smallest absolute Gasteiger partial charge is 0.273 e. The Labute approximate surface area is 119 Å². The molecule has 0 spiro atoms. The summed E-state index contributed by atoms with van der Waals surface area (Å²) in [5, 5.41) is 10.4. The van der Waals surface area contributed by atoms with Crippen LogP contribution in [0.15, 0.2) is 24.3 Å². The molecule has 0 aliphatic carbocycles. The van der Waals surface area contributed by atoms with E-state index >= 15 is 0 Å². The maximum atomic E-state index is 11.6. The number of sulfone groups is 1. The molecule has 0 N–H and O–H groups in total. The lowest BCUT2D eigenvalue weighted by Crippen LogP contribution is -2.40. The minimum Gasteiger partial charge on any atom is -0.298 e. The first-order chi connectivity index (χ1) is 9.14. The Balaban J connectivity index is 2.91. The average Bonchev–Trinajstić information content (AvgIpc) is 2.36. The monoisotopic (exact) mass is 300 g/mol. The first-order valence-electron chi connectivity index (χ1n) is 6.26. The molecular weight excluding hydrogens is 280 g/mol. The molecule has 0 aromatic heterocycles. The van der Waals surface area contributed by atoms with E-state index in [2.05, 4.69) is 0 Å². The molecular formula is C13H20N2O4S. The molecule has 0 aliphatic rings. The molecule has 1 aromatic rings. The molecule has 0 fully saturated rings. The second-order valence-corrected chi connectivity index (χ2v) is 7.48. The van der Waals surface area contributed by atoms with Crippen molar-refractivity contribution in [3.05, 3.63) is 39.9 Å². The first kappa shape index (κ1) is 16.6. The van der Waals surface area contributed by atoms with E-state index < -0.39 is 20.0 Å². The fraction of sp³-hybridized carbons (Fsp3) is 0.538. The minimum atomic E-state index is -3.14. The lowest BCUT2D eigenvalue weighted by atomic mass is 10.1. The van der Waals surface area contributed by atoms with Gasteiger partial charge in [0, 0.05) is 30.5 Å². The third-order valence-electron chi connectivity index (χ3n) is 3.66. The van der Waals surface area contributed by atoms with Crippen LogP contribution in [-0.4, -0.2) is 42.8 Å². The molecule has 0 saturated heterocycles. The standard InChI is InChI=1S/C13H20N2O4S/c1-10(11(2)20(4,18)19)14(3)9-12-7-5-6-8-13(12)15(16)17/h5-8,10-11H,9H2,1-4H3/t10-,11-/m0/s1. The summed E-state index contributed by atoms with van der Waals surface area (Å²) in [5.74, 6) is 0. The second-order valence-electron chi connectivity index (χ2n) is 5.08. The van der Waals surface area contributed by atoms with Gasteiger partial charge in [-0.25, -0.2) is 8.42 Å². The van der Waals surface area contributed by atoms with Gasteiger partial charge in [-0.05, 0) is 20.9 Å². The number of nitro groups is 1. The van der Waals surface area contributed by atoms with Gasteiger partial charge in [-0.1, -0.05) is 18.2 Å². The van der Waals surface area contributed by atoms with Crippen molar-refractivity contribution < 1.29 is 13.3 Å². The molecule has 2 atom stereocenters. The Morgan fingerprint density at radius 3 is 2.35 bits per heavy atom. The Morgan fingerprint density at radius 2 is 1.85 bits per heavy atom. The quantitative estimate of drug-likeness (QED) is 0.591. The van der Waals surface area contributed by atoms with Crippen molar-refractivity contribution in [2.75, 3.05) is 13.3 Å². The van der Waals surface area contributed by atoms with Gasteiger partial charge in [0.25, 0.3) is 5.69 Å². The van der Waals surface area contributed by atoms with Crippen LogP contribution in [0.4, 0.5) is 5.69 Å². The van der Waals surface area contributed by atoms with Crippen molar-refractivity contribution in [2.24, 2.45) is 0 Å². The normalized spacial score (nSPS) is 15.1. The SMILES string of the molecule is C[C@@H]([C@H](C)S(C)(=O)=O)N(C)Cc1ccccc1[N+](=O)[O-]. The number of para-hydroxylation sites is 1. The van der Waals surface area contributed by atoms with Crippen LogP contribution in [0.2, 0.25) is 0 Å². The third kappa shape index (κ3) is 4.01. The van der Waals surface area contributed by atoms with Crippen LogP contribution in [-0.2, 0) is 16.4 Å². The van der Waals surface area contributed by atoms with Crippen LogP contribution in [0, 0.1) is 10.1 Å². The van der Waals surface area contributed by atoms with Gasteiger partial charge >= 0.3 is 0 Å². The fourth-order valence-electron chi connectivity index (χ4n) is 1.95.